The summed E-state index contributed by atoms with van der Waals surface area (Å²) in [6, 6.07) is 82.5. The normalized spacial score (nSPS) is 15.1. The maximum Gasteiger partial charge on any atom is 0.260 e. The van der Waals surface area contributed by atoms with Crippen LogP contribution in [0.2, 0.25) is 0 Å². The van der Waals surface area contributed by atoms with Gasteiger partial charge in [-0.05, 0) is 163 Å². The first kappa shape index (κ1) is 45.4. The number of para-hydroxylation sites is 6. The zero-order valence-corrected chi connectivity index (χ0v) is 44.6. The van der Waals surface area contributed by atoms with Gasteiger partial charge in [-0.2, -0.15) is 0 Å². The molecule has 4 heterocycles. The number of anilines is 6. The quantitative estimate of drug-likeness (QED) is 0.155. The highest BCUT2D eigenvalue weighted by Crippen LogP contribution is 2.60. The lowest BCUT2D eigenvalue weighted by Crippen LogP contribution is -2.64. The molecule has 0 saturated carbocycles. The van der Waals surface area contributed by atoms with Crippen molar-refractivity contribution < 1.29 is 18.9 Å². The van der Waals surface area contributed by atoms with Crippen LogP contribution in [0.15, 0.2) is 231 Å². The molecule has 378 valence electrons. The molecule has 0 bridgehead atoms. The smallest absolute Gasteiger partial charge is 0.260 e. The summed E-state index contributed by atoms with van der Waals surface area (Å²) in [5.41, 5.74) is 22.7. The van der Waals surface area contributed by atoms with Gasteiger partial charge < -0.3 is 28.7 Å². The largest absolute Gasteiger partial charge is 0.458 e. The van der Waals surface area contributed by atoms with E-state index in [1.165, 1.54) is 61.1 Å². The van der Waals surface area contributed by atoms with Gasteiger partial charge in [0.25, 0.3) is 13.4 Å². The molecular weight excluding hydrogens is 978 g/mol. The molecule has 0 spiro atoms. The summed E-state index contributed by atoms with van der Waals surface area (Å²) >= 11 is 0. The van der Waals surface area contributed by atoms with Crippen molar-refractivity contribution in [3.8, 4) is 68.2 Å². The SMILES string of the molecule is CC1(C)c2cc(Oc3ccccc3)ccc2-c2cc3c4c(c21)Oc1ccccc1B4c1cc2c(cc1O3)N(c1ccccc1)c1cc3c(c4c1B2c1ccccc1N4c1ccccc1)C(C)(C)c1cc(Oc2ccccc2)ccc1-3. The third-order valence-corrected chi connectivity index (χ3v) is 18.0. The number of benzene rings is 11. The van der Waals surface area contributed by atoms with Crippen LogP contribution in [0.1, 0.15) is 49.9 Å². The van der Waals surface area contributed by atoms with E-state index in [0.29, 0.717) is 0 Å². The molecule has 17 rings (SSSR count). The van der Waals surface area contributed by atoms with Gasteiger partial charge in [0, 0.05) is 62.0 Å². The monoisotopic (exact) mass is 1030 g/mol. The van der Waals surface area contributed by atoms with Crippen molar-refractivity contribution in [2.45, 2.75) is 38.5 Å². The summed E-state index contributed by atoms with van der Waals surface area (Å²) in [6.45, 7) is 9.12. The van der Waals surface area contributed by atoms with Crippen molar-refractivity contribution in [2.75, 3.05) is 9.80 Å². The first-order chi connectivity index (χ1) is 39.2. The molecule has 6 nitrogen and oxygen atoms in total. The Morgan fingerprint density at radius 3 is 1.54 bits per heavy atom. The van der Waals surface area contributed by atoms with Crippen molar-refractivity contribution in [1.82, 2.24) is 0 Å². The van der Waals surface area contributed by atoms with Crippen LogP contribution in [0, 0.1) is 0 Å². The zero-order valence-electron chi connectivity index (χ0n) is 44.6. The van der Waals surface area contributed by atoms with Gasteiger partial charge in [-0.15, -0.1) is 0 Å². The average molecular weight is 1030 g/mol. The fourth-order valence-electron chi connectivity index (χ4n) is 14.6. The number of hydrogen-bond acceptors (Lipinski definition) is 6. The maximum absolute atomic E-state index is 7.49. The molecule has 2 aliphatic carbocycles. The highest BCUT2D eigenvalue weighted by molar-refractivity contribution is 7.02. The molecule has 11 aromatic rings. The zero-order chi connectivity index (χ0) is 53.2. The van der Waals surface area contributed by atoms with E-state index in [2.05, 4.69) is 207 Å². The Morgan fingerprint density at radius 1 is 0.350 bits per heavy atom. The molecule has 4 aliphatic heterocycles. The van der Waals surface area contributed by atoms with Crippen molar-refractivity contribution in [3.05, 3.63) is 253 Å². The van der Waals surface area contributed by atoms with E-state index in [-0.39, 0.29) is 13.4 Å². The Balaban J connectivity index is 0.911. The predicted molar refractivity (Wildman–Crippen MR) is 326 cm³/mol. The maximum atomic E-state index is 7.49. The third-order valence-electron chi connectivity index (χ3n) is 18.0. The summed E-state index contributed by atoms with van der Waals surface area (Å²) in [4.78, 5) is 5.07. The van der Waals surface area contributed by atoms with Crippen LogP contribution in [0.3, 0.4) is 0 Å². The molecule has 80 heavy (non-hydrogen) atoms. The summed E-state index contributed by atoms with van der Waals surface area (Å²) in [5.74, 6) is 6.64. The minimum Gasteiger partial charge on any atom is -0.458 e. The number of ether oxygens (including phenoxy) is 4. The van der Waals surface area contributed by atoms with E-state index in [1.54, 1.807) is 0 Å². The second kappa shape index (κ2) is 16.4. The number of nitrogens with zero attached hydrogens (tertiary/aromatic N) is 2. The minimum atomic E-state index is -0.424. The van der Waals surface area contributed by atoms with Crippen LogP contribution in [0.4, 0.5) is 34.1 Å². The standard InChI is InChI=1S/C72H50B2N2O4/c1-71(2)53-37-47(77-45-25-13-7-14-26-45)33-35-49(53)51-39-61-67-69(65(51)71)76(44-23-11-6-12-24-44)59-31-19-17-29-55(59)73(67)57-41-58-63(42-60(57)75(61)43-21-9-5-10-22-43)79-64-40-52-50-36-34-48(78-46-27-15-8-16-28-46)38-54(50)72(3,4)66(52)70-68(64)74(58)56-30-18-20-32-62(56)80-70/h5-42H,1-4H3. The first-order valence-electron chi connectivity index (χ1n) is 27.8. The molecule has 0 radical (unpaired) electrons. The van der Waals surface area contributed by atoms with Gasteiger partial charge in [0.1, 0.15) is 46.0 Å². The lowest BCUT2D eigenvalue weighted by Gasteiger charge is -2.46. The highest BCUT2D eigenvalue weighted by atomic mass is 16.5. The predicted octanol–water partition coefficient (Wildman–Crippen LogP) is 14.7. The summed E-state index contributed by atoms with van der Waals surface area (Å²) < 4.78 is 27.8. The molecule has 0 N–H and O–H groups in total. The summed E-state index contributed by atoms with van der Waals surface area (Å²) in [6.07, 6.45) is 0. The number of rotatable bonds is 6. The van der Waals surface area contributed by atoms with E-state index in [0.717, 1.165) is 96.3 Å². The molecule has 0 amide bonds. The fourth-order valence-corrected chi connectivity index (χ4v) is 14.6. The Labute approximate surface area is 466 Å². The topological polar surface area (TPSA) is 43.4 Å². The molecule has 0 aromatic heterocycles. The van der Waals surface area contributed by atoms with Crippen molar-refractivity contribution >= 4 is 80.3 Å². The molecule has 0 saturated heterocycles. The van der Waals surface area contributed by atoms with Crippen LogP contribution in [-0.2, 0) is 10.8 Å². The average Bonchev–Trinajstić information content (AvgIpc) is 4.04. The number of fused-ring (bicyclic) bond motifs is 16. The van der Waals surface area contributed by atoms with Crippen LogP contribution >= 0.6 is 0 Å². The van der Waals surface area contributed by atoms with E-state index < -0.39 is 10.8 Å². The van der Waals surface area contributed by atoms with Gasteiger partial charge >= 0.3 is 0 Å². The van der Waals surface area contributed by atoms with Crippen LogP contribution < -0.4 is 61.5 Å². The van der Waals surface area contributed by atoms with E-state index >= 15 is 0 Å². The fraction of sp³-hybridized carbons (Fsp3) is 0.0833. The number of hydrogen-bond donors (Lipinski definition) is 0. The molecule has 8 heteroatoms. The molecule has 0 atom stereocenters. The third kappa shape index (κ3) is 6.27. The van der Waals surface area contributed by atoms with Gasteiger partial charge in [0.15, 0.2) is 0 Å². The Morgan fingerprint density at radius 2 is 0.887 bits per heavy atom. The van der Waals surface area contributed by atoms with E-state index in [4.69, 9.17) is 18.9 Å². The Bertz CT molecular complexity index is 4450. The molecular formula is C72H50B2N2O4. The minimum absolute atomic E-state index is 0.144. The van der Waals surface area contributed by atoms with Gasteiger partial charge in [0.05, 0.1) is 0 Å². The second-order valence-electron chi connectivity index (χ2n) is 23.1. The Hall–Kier alpha value is -9.65. The van der Waals surface area contributed by atoms with Crippen molar-refractivity contribution in [2.24, 2.45) is 0 Å². The van der Waals surface area contributed by atoms with Crippen LogP contribution in [0.5, 0.6) is 46.0 Å². The first-order valence-corrected chi connectivity index (χ1v) is 27.8. The van der Waals surface area contributed by atoms with Crippen molar-refractivity contribution in [3.63, 3.8) is 0 Å². The summed E-state index contributed by atoms with van der Waals surface area (Å²) in [7, 11) is 0. The molecule has 0 unspecified atom stereocenters. The lowest BCUT2D eigenvalue weighted by atomic mass is 9.30. The molecule has 0 fully saturated rings. The van der Waals surface area contributed by atoms with E-state index in [9.17, 15) is 0 Å². The van der Waals surface area contributed by atoms with Gasteiger partial charge in [-0.1, -0.05) is 155 Å². The second-order valence-corrected chi connectivity index (χ2v) is 23.1. The van der Waals surface area contributed by atoms with E-state index in [1.807, 2.05) is 60.7 Å². The van der Waals surface area contributed by atoms with Gasteiger partial charge in [-0.3, -0.25) is 0 Å². The molecule has 6 aliphatic rings. The highest BCUT2D eigenvalue weighted by Gasteiger charge is 2.52. The van der Waals surface area contributed by atoms with Gasteiger partial charge in [0.2, 0.25) is 0 Å². The summed E-state index contributed by atoms with van der Waals surface area (Å²) in [5, 5.41) is 0. The van der Waals surface area contributed by atoms with Crippen LogP contribution in [-0.4, -0.2) is 13.4 Å². The lowest BCUT2D eigenvalue weighted by molar-refractivity contribution is 0.453. The van der Waals surface area contributed by atoms with Crippen molar-refractivity contribution in [1.29, 1.82) is 0 Å². The molecule has 11 aromatic carbocycles. The Kier molecular flexibility index (Phi) is 9.33. The van der Waals surface area contributed by atoms with Crippen LogP contribution in [0.25, 0.3) is 22.3 Å². The van der Waals surface area contributed by atoms with Gasteiger partial charge in [-0.25, -0.2) is 0 Å².